The smallest absolute Gasteiger partial charge is 0.462 e. The van der Waals surface area contributed by atoms with Crippen LogP contribution in [-0.2, 0) is 65.4 Å². The van der Waals surface area contributed by atoms with Gasteiger partial charge >= 0.3 is 39.5 Å². The highest BCUT2D eigenvalue weighted by Crippen LogP contribution is 2.45. The molecule has 0 amide bonds. The maximum atomic E-state index is 13.1. The molecule has 3 N–H and O–H groups in total. The van der Waals surface area contributed by atoms with E-state index in [1.165, 1.54) is 244 Å². The van der Waals surface area contributed by atoms with Crippen LogP contribution in [0.2, 0.25) is 0 Å². The molecule has 0 aliphatic heterocycles. The van der Waals surface area contributed by atoms with Crippen molar-refractivity contribution in [2.24, 2.45) is 11.8 Å². The molecule has 0 saturated carbocycles. The topological polar surface area (TPSA) is 237 Å². The van der Waals surface area contributed by atoms with Gasteiger partial charge in [-0.25, -0.2) is 9.13 Å². The fraction of sp³-hybridized carbons (Fsp3) is 0.951. The average molecular weight is 1470 g/mol. The molecule has 0 spiro atoms. The van der Waals surface area contributed by atoms with Crippen LogP contribution in [0.3, 0.4) is 0 Å². The standard InChI is InChI=1S/C81H158O17P2/c1-7-9-11-13-15-17-19-20-21-22-23-24-25-26-27-30-34-37-41-47-53-59-65-80(85)97-76(69-92-79(84)64-58-52-46-40-36-33-31-28-29-32-35-38-43-49-55-61-73(3)4)71-95-99(87,88)93-67-75(82)68-94-100(89,90)96-72-77(98-81(86)66-60-54-48-42-44-50-56-62-74(5)6)70-91-78(83)63-57-51-45-39-18-16-14-12-10-8-2/h73-77,82H,7-72H2,1-6H3,(H,87,88)(H,89,90)/t75-,76-,77-/m1/s1. The number of aliphatic hydroxyl groups is 1. The van der Waals surface area contributed by atoms with Crippen LogP contribution in [0, 0.1) is 11.8 Å². The number of hydrogen-bond acceptors (Lipinski definition) is 15. The molecule has 19 heteroatoms. The van der Waals surface area contributed by atoms with Gasteiger partial charge in [0.15, 0.2) is 12.2 Å². The third kappa shape index (κ3) is 74.3. The molecule has 2 unspecified atom stereocenters. The first-order valence-corrected chi connectivity index (χ1v) is 45.0. The minimum atomic E-state index is -4.96. The van der Waals surface area contributed by atoms with E-state index in [2.05, 4.69) is 41.5 Å². The Morgan fingerprint density at radius 1 is 0.270 bits per heavy atom. The van der Waals surface area contributed by atoms with Crippen LogP contribution in [0.5, 0.6) is 0 Å². The van der Waals surface area contributed by atoms with Gasteiger partial charge in [-0.2, -0.15) is 0 Å². The number of ether oxygens (including phenoxy) is 4. The molecule has 0 heterocycles. The zero-order valence-electron chi connectivity index (χ0n) is 65.5. The number of unbranched alkanes of at least 4 members (excludes halogenated alkanes) is 50. The molecule has 0 saturated heterocycles. The van der Waals surface area contributed by atoms with E-state index in [4.69, 9.17) is 37.0 Å². The van der Waals surface area contributed by atoms with E-state index in [9.17, 15) is 43.2 Å². The zero-order valence-corrected chi connectivity index (χ0v) is 67.3. The lowest BCUT2D eigenvalue weighted by Crippen LogP contribution is -2.30. The van der Waals surface area contributed by atoms with E-state index in [1.807, 2.05) is 0 Å². The van der Waals surface area contributed by atoms with E-state index in [1.54, 1.807) is 0 Å². The third-order valence-corrected chi connectivity index (χ3v) is 20.9. The van der Waals surface area contributed by atoms with Crippen LogP contribution < -0.4 is 0 Å². The summed E-state index contributed by atoms with van der Waals surface area (Å²) in [6.45, 7) is 9.58. The summed E-state index contributed by atoms with van der Waals surface area (Å²) in [5.74, 6) is -0.611. The molecule has 0 aliphatic carbocycles. The molecule has 0 fully saturated rings. The number of carbonyl (C=O) groups is 4. The summed E-state index contributed by atoms with van der Waals surface area (Å²) in [5.41, 5.74) is 0. The Hall–Kier alpha value is -1.94. The Bertz CT molecular complexity index is 1920. The van der Waals surface area contributed by atoms with Crippen LogP contribution in [0.4, 0.5) is 0 Å². The highest BCUT2D eigenvalue weighted by Gasteiger charge is 2.30. The molecule has 5 atom stereocenters. The Balaban J connectivity index is 5.18. The van der Waals surface area contributed by atoms with Gasteiger partial charge in [0.1, 0.15) is 19.3 Å². The van der Waals surface area contributed by atoms with E-state index < -0.39 is 97.5 Å². The van der Waals surface area contributed by atoms with E-state index >= 15 is 0 Å². The van der Waals surface area contributed by atoms with Crippen molar-refractivity contribution in [2.45, 2.75) is 445 Å². The molecule has 0 aromatic carbocycles. The van der Waals surface area contributed by atoms with Gasteiger partial charge in [0.2, 0.25) is 0 Å². The van der Waals surface area contributed by atoms with E-state index in [0.717, 1.165) is 95.8 Å². The van der Waals surface area contributed by atoms with Gasteiger partial charge in [-0.15, -0.1) is 0 Å². The summed E-state index contributed by atoms with van der Waals surface area (Å²) in [5, 5.41) is 10.6. The molecule has 0 bridgehead atoms. The van der Waals surface area contributed by atoms with Gasteiger partial charge in [0.25, 0.3) is 0 Å². The predicted octanol–water partition coefficient (Wildman–Crippen LogP) is 24.3. The predicted molar refractivity (Wildman–Crippen MR) is 409 cm³/mol. The lowest BCUT2D eigenvalue weighted by Gasteiger charge is -2.21. The molecule has 0 rings (SSSR count). The second kappa shape index (κ2) is 72.6. The van der Waals surface area contributed by atoms with E-state index in [0.29, 0.717) is 31.6 Å². The lowest BCUT2D eigenvalue weighted by atomic mass is 10.0. The van der Waals surface area contributed by atoms with Crippen molar-refractivity contribution in [1.82, 2.24) is 0 Å². The van der Waals surface area contributed by atoms with Gasteiger partial charge < -0.3 is 33.8 Å². The minimum Gasteiger partial charge on any atom is -0.462 e. The highest BCUT2D eigenvalue weighted by molar-refractivity contribution is 7.47. The van der Waals surface area contributed by atoms with Gasteiger partial charge in [-0.1, -0.05) is 375 Å². The SMILES string of the molecule is CCCCCCCCCCCCCCCCCCCCCCCCC(=O)O[C@H](COC(=O)CCCCCCCCCCCCCCCCCC(C)C)COP(=O)(O)OC[C@@H](O)COP(=O)(O)OC[C@@H](COC(=O)CCCCCCCCCCCC)OC(=O)CCCCCCCCCC(C)C. The first-order valence-electron chi connectivity index (χ1n) is 42.0. The fourth-order valence-electron chi connectivity index (χ4n) is 12.5. The highest BCUT2D eigenvalue weighted by atomic mass is 31.2. The Labute approximate surface area is 613 Å². The molecule has 100 heavy (non-hydrogen) atoms. The zero-order chi connectivity index (χ0) is 73.5. The first kappa shape index (κ1) is 98.1. The Morgan fingerprint density at radius 2 is 0.460 bits per heavy atom. The first-order chi connectivity index (χ1) is 48.4. The van der Waals surface area contributed by atoms with Crippen LogP contribution >= 0.6 is 15.6 Å². The van der Waals surface area contributed by atoms with Gasteiger partial charge in [-0.3, -0.25) is 37.3 Å². The van der Waals surface area contributed by atoms with Crippen LogP contribution in [-0.4, -0.2) is 96.7 Å². The monoisotopic (exact) mass is 1470 g/mol. The van der Waals surface area contributed by atoms with Crippen molar-refractivity contribution in [1.29, 1.82) is 0 Å². The second-order valence-corrected chi connectivity index (χ2v) is 33.0. The number of rotatable bonds is 80. The van der Waals surface area contributed by atoms with Gasteiger partial charge in [0.05, 0.1) is 26.4 Å². The molecule has 0 aromatic rings. The average Bonchev–Trinajstić information content (AvgIpc) is 0.933. The quantitative estimate of drug-likeness (QED) is 0.0222. The molecule has 594 valence electrons. The second-order valence-electron chi connectivity index (χ2n) is 30.1. The molecule has 17 nitrogen and oxygen atoms in total. The van der Waals surface area contributed by atoms with Crippen molar-refractivity contribution >= 4 is 39.5 Å². The molecule has 0 aromatic heterocycles. The molecule has 0 radical (unpaired) electrons. The third-order valence-electron chi connectivity index (χ3n) is 19.0. The number of phosphoric acid groups is 2. The molecular weight excluding hydrogens is 1310 g/mol. The maximum absolute atomic E-state index is 13.1. The number of phosphoric ester groups is 2. The summed E-state index contributed by atoms with van der Waals surface area (Å²) < 4.78 is 68.6. The van der Waals surface area contributed by atoms with Crippen molar-refractivity contribution < 1.29 is 80.2 Å². The van der Waals surface area contributed by atoms with Crippen molar-refractivity contribution in [3.05, 3.63) is 0 Å². The van der Waals surface area contributed by atoms with Crippen molar-refractivity contribution in [3.8, 4) is 0 Å². The Kier molecular flexibility index (Phi) is 71.2. The summed E-state index contributed by atoms with van der Waals surface area (Å²) in [7, 11) is -9.91. The summed E-state index contributed by atoms with van der Waals surface area (Å²) in [6, 6.07) is 0. The summed E-state index contributed by atoms with van der Waals surface area (Å²) in [6.07, 6.45) is 62.7. The maximum Gasteiger partial charge on any atom is 0.472 e. The van der Waals surface area contributed by atoms with Gasteiger partial charge in [0, 0.05) is 25.7 Å². The molecular formula is C81H158O17P2. The minimum absolute atomic E-state index is 0.104. The summed E-state index contributed by atoms with van der Waals surface area (Å²) >= 11 is 0. The normalized spacial score (nSPS) is 13.9. The van der Waals surface area contributed by atoms with Crippen LogP contribution in [0.1, 0.15) is 427 Å². The lowest BCUT2D eigenvalue weighted by molar-refractivity contribution is -0.161. The van der Waals surface area contributed by atoms with Crippen LogP contribution in [0.25, 0.3) is 0 Å². The van der Waals surface area contributed by atoms with Crippen molar-refractivity contribution in [2.75, 3.05) is 39.6 Å². The number of esters is 4. The fourth-order valence-corrected chi connectivity index (χ4v) is 14.1. The number of carbonyl (C=O) groups excluding carboxylic acids is 4. The van der Waals surface area contributed by atoms with E-state index in [-0.39, 0.29) is 25.7 Å². The summed E-state index contributed by atoms with van der Waals surface area (Å²) in [4.78, 5) is 72.9. The number of hydrogen-bond donors (Lipinski definition) is 3. The van der Waals surface area contributed by atoms with Crippen LogP contribution in [0.15, 0.2) is 0 Å². The largest absolute Gasteiger partial charge is 0.472 e. The number of aliphatic hydroxyl groups excluding tert-OH is 1. The van der Waals surface area contributed by atoms with Crippen molar-refractivity contribution in [3.63, 3.8) is 0 Å². The Morgan fingerprint density at radius 3 is 0.680 bits per heavy atom. The molecule has 0 aliphatic rings. The van der Waals surface area contributed by atoms with Gasteiger partial charge in [-0.05, 0) is 37.5 Å².